The van der Waals surface area contributed by atoms with Crippen LogP contribution in [0.4, 0.5) is 5.13 Å². The van der Waals surface area contributed by atoms with Crippen molar-refractivity contribution in [3.63, 3.8) is 0 Å². The molecule has 2 aromatic heterocycles. The van der Waals surface area contributed by atoms with Gasteiger partial charge in [0.15, 0.2) is 5.13 Å². The summed E-state index contributed by atoms with van der Waals surface area (Å²) in [6, 6.07) is 19.3. The van der Waals surface area contributed by atoms with Gasteiger partial charge in [0.1, 0.15) is 5.75 Å². The third-order valence-electron chi connectivity index (χ3n) is 4.57. The van der Waals surface area contributed by atoms with Crippen LogP contribution in [0.15, 0.2) is 71.8 Å². The molecule has 5 nitrogen and oxygen atoms in total. The first-order chi connectivity index (χ1) is 15.2. The van der Waals surface area contributed by atoms with Crippen molar-refractivity contribution < 1.29 is 9.53 Å². The number of nitrogens with zero attached hydrogens (tertiary/aromatic N) is 3. The number of carbonyl (C=O) groups excluding carboxylic acids is 1. The largest absolute Gasteiger partial charge is 0.494 e. The minimum atomic E-state index is -0.0895. The summed E-state index contributed by atoms with van der Waals surface area (Å²) in [6.07, 6.45) is 1.74. The number of rotatable bonds is 8. The van der Waals surface area contributed by atoms with E-state index in [0.29, 0.717) is 23.8 Å². The number of benzene rings is 2. The highest BCUT2D eigenvalue weighted by molar-refractivity contribution is 7.99. The van der Waals surface area contributed by atoms with E-state index >= 15 is 0 Å². The molecule has 2 heterocycles. The van der Waals surface area contributed by atoms with Crippen LogP contribution in [0.5, 0.6) is 5.75 Å². The van der Waals surface area contributed by atoms with Crippen molar-refractivity contribution in [1.82, 2.24) is 9.97 Å². The predicted molar refractivity (Wildman–Crippen MR) is 128 cm³/mol. The highest BCUT2D eigenvalue weighted by Crippen LogP contribution is 2.33. The number of carbonyl (C=O) groups is 1. The Hall–Kier alpha value is -2.90. The average molecular weight is 450 g/mol. The van der Waals surface area contributed by atoms with Gasteiger partial charge < -0.3 is 4.74 Å². The number of amides is 1. The summed E-state index contributed by atoms with van der Waals surface area (Å²) in [5.74, 6) is 1.67. The molecule has 0 bridgehead atoms. The van der Waals surface area contributed by atoms with E-state index < -0.39 is 0 Å². The standard InChI is InChI=1S/C24H23N3O2S2/c1-3-29-19-11-12-21-22(15-19)31-24(26-21)27(16-18-9-5-6-13-25-18)23(28)17-8-7-10-20(14-17)30-4-2/h5-15H,3-4,16H2,1-2H3. The molecule has 0 atom stereocenters. The number of hydrogen-bond donors (Lipinski definition) is 0. The van der Waals surface area contributed by atoms with Crippen LogP contribution < -0.4 is 9.64 Å². The Morgan fingerprint density at radius 1 is 1.10 bits per heavy atom. The van der Waals surface area contributed by atoms with Crippen LogP contribution in [0.25, 0.3) is 10.2 Å². The van der Waals surface area contributed by atoms with Gasteiger partial charge in [0.25, 0.3) is 5.91 Å². The quantitative estimate of drug-likeness (QED) is 0.307. The van der Waals surface area contributed by atoms with Crippen LogP contribution in [0.1, 0.15) is 29.9 Å². The summed E-state index contributed by atoms with van der Waals surface area (Å²) < 4.78 is 6.60. The van der Waals surface area contributed by atoms with Crippen LogP contribution in [-0.2, 0) is 6.54 Å². The maximum atomic E-state index is 13.6. The first kappa shape index (κ1) is 21.3. The first-order valence-electron chi connectivity index (χ1n) is 10.2. The second-order valence-corrected chi connectivity index (χ2v) is 9.08. The summed E-state index contributed by atoms with van der Waals surface area (Å²) in [5.41, 5.74) is 2.30. The molecule has 0 N–H and O–H groups in total. The number of thioether (sulfide) groups is 1. The van der Waals surface area contributed by atoms with Crippen molar-refractivity contribution >= 4 is 44.4 Å². The fraction of sp³-hybridized carbons (Fsp3) is 0.208. The molecular formula is C24H23N3O2S2. The van der Waals surface area contributed by atoms with Crippen LogP contribution in [-0.4, -0.2) is 28.2 Å². The molecule has 0 saturated carbocycles. The van der Waals surface area contributed by atoms with Gasteiger partial charge >= 0.3 is 0 Å². The van der Waals surface area contributed by atoms with Gasteiger partial charge in [-0.15, -0.1) is 11.8 Å². The molecule has 0 aliphatic heterocycles. The Morgan fingerprint density at radius 3 is 2.77 bits per heavy atom. The van der Waals surface area contributed by atoms with Gasteiger partial charge in [-0.3, -0.25) is 14.7 Å². The van der Waals surface area contributed by atoms with Crippen molar-refractivity contribution in [2.45, 2.75) is 25.3 Å². The van der Waals surface area contributed by atoms with Gasteiger partial charge in [0, 0.05) is 16.7 Å². The van der Waals surface area contributed by atoms with Crippen molar-refractivity contribution in [1.29, 1.82) is 0 Å². The molecule has 0 spiro atoms. The minimum Gasteiger partial charge on any atom is -0.494 e. The molecule has 0 radical (unpaired) electrons. The van der Waals surface area contributed by atoms with E-state index in [1.807, 2.05) is 67.6 Å². The maximum absolute atomic E-state index is 13.6. The number of pyridine rings is 1. The molecule has 7 heteroatoms. The van der Waals surface area contributed by atoms with Gasteiger partial charge in [-0.25, -0.2) is 4.98 Å². The van der Waals surface area contributed by atoms with Gasteiger partial charge in [-0.1, -0.05) is 30.4 Å². The topological polar surface area (TPSA) is 55.3 Å². The van der Waals surface area contributed by atoms with Gasteiger partial charge in [-0.05, 0) is 61.2 Å². The zero-order chi connectivity index (χ0) is 21.6. The number of hydrogen-bond acceptors (Lipinski definition) is 6. The molecule has 4 rings (SSSR count). The monoisotopic (exact) mass is 449 g/mol. The van der Waals surface area contributed by atoms with Crippen molar-refractivity contribution in [2.75, 3.05) is 17.3 Å². The second kappa shape index (κ2) is 9.94. The van der Waals surface area contributed by atoms with Crippen molar-refractivity contribution in [3.05, 3.63) is 78.1 Å². The number of anilines is 1. The Kier molecular flexibility index (Phi) is 6.84. The summed E-state index contributed by atoms with van der Waals surface area (Å²) in [6.45, 7) is 5.02. The number of fused-ring (bicyclic) bond motifs is 1. The Bertz CT molecular complexity index is 1180. The fourth-order valence-corrected chi connectivity index (χ4v) is 4.90. The Labute approximate surface area is 190 Å². The molecule has 31 heavy (non-hydrogen) atoms. The zero-order valence-corrected chi connectivity index (χ0v) is 19.1. The smallest absolute Gasteiger partial charge is 0.260 e. The van der Waals surface area contributed by atoms with Crippen LogP contribution in [0.3, 0.4) is 0 Å². The van der Waals surface area contributed by atoms with Crippen molar-refractivity contribution in [3.8, 4) is 5.75 Å². The maximum Gasteiger partial charge on any atom is 0.260 e. The predicted octanol–water partition coefficient (Wildman–Crippen LogP) is 6.05. The first-order valence-corrected chi connectivity index (χ1v) is 12.0. The number of aromatic nitrogens is 2. The van der Waals surface area contributed by atoms with E-state index in [-0.39, 0.29) is 5.91 Å². The highest BCUT2D eigenvalue weighted by atomic mass is 32.2. The summed E-state index contributed by atoms with van der Waals surface area (Å²) >= 11 is 3.20. The molecule has 0 aliphatic rings. The van der Waals surface area contributed by atoms with Crippen LogP contribution in [0.2, 0.25) is 0 Å². The van der Waals surface area contributed by atoms with E-state index in [2.05, 4.69) is 11.9 Å². The van der Waals surface area contributed by atoms with E-state index in [1.165, 1.54) is 11.3 Å². The highest BCUT2D eigenvalue weighted by Gasteiger charge is 2.22. The molecule has 2 aromatic carbocycles. The molecular weight excluding hydrogens is 426 g/mol. The fourth-order valence-electron chi connectivity index (χ4n) is 3.19. The third kappa shape index (κ3) is 5.06. The minimum absolute atomic E-state index is 0.0895. The normalized spacial score (nSPS) is 10.9. The average Bonchev–Trinajstić information content (AvgIpc) is 3.21. The third-order valence-corrected chi connectivity index (χ3v) is 6.49. The summed E-state index contributed by atoms with van der Waals surface area (Å²) in [7, 11) is 0. The van der Waals surface area contributed by atoms with E-state index in [9.17, 15) is 4.79 Å². The van der Waals surface area contributed by atoms with E-state index in [1.54, 1.807) is 22.9 Å². The lowest BCUT2D eigenvalue weighted by Gasteiger charge is -2.20. The van der Waals surface area contributed by atoms with Crippen molar-refractivity contribution in [2.24, 2.45) is 0 Å². The van der Waals surface area contributed by atoms with E-state index in [0.717, 1.165) is 32.3 Å². The van der Waals surface area contributed by atoms with Gasteiger partial charge in [0.05, 0.1) is 29.1 Å². The SMILES string of the molecule is CCOc1ccc2nc(N(Cc3ccccn3)C(=O)c3cccc(SCC)c3)sc2c1. The van der Waals surface area contributed by atoms with Gasteiger partial charge in [-0.2, -0.15) is 0 Å². The molecule has 0 aliphatic carbocycles. The molecule has 1 amide bonds. The lowest BCUT2D eigenvalue weighted by atomic mass is 10.2. The molecule has 0 fully saturated rings. The van der Waals surface area contributed by atoms with Crippen LogP contribution >= 0.6 is 23.1 Å². The van der Waals surface area contributed by atoms with Gasteiger partial charge in [0.2, 0.25) is 0 Å². The zero-order valence-electron chi connectivity index (χ0n) is 17.4. The van der Waals surface area contributed by atoms with E-state index in [4.69, 9.17) is 9.72 Å². The molecule has 158 valence electrons. The second-order valence-electron chi connectivity index (χ2n) is 6.73. The lowest BCUT2D eigenvalue weighted by Crippen LogP contribution is -2.30. The molecule has 0 unspecified atom stereocenters. The van der Waals surface area contributed by atoms with Crippen LogP contribution in [0, 0.1) is 0 Å². The Balaban J connectivity index is 1.73. The number of thiazole rings is 1. The lowest BCUT2D eigenvalue weighted by molar-refractivity contribution is 0.0984. The molecule has 4 aromatic rings. The summed E-state index contributed by atoms with van der Waals surface area (Å²) in [4.78, 5) is 25.5. The Morgan fingerprint density at radius 2 is 2.00 bits per heavy atom. The summed E-state index contributed by atoms with van der Waals surface area (Å²) in [5, 5.41) is 0.646. The number of ether oxygens (including phenoxy) is 1. The molecule has 0 saturated heterocycles.